The van der Waals surface area contributed by atoms with Crippen LogP contribution in [0.2, 0.25) is 5.02 Å². The van der Waals surface area contributed by atoms with Gasteiger partial charge in [-0.2, -0.15) is 9.94 Å². The largest absolute Gasteiger partial charge is 0.489 e. The minimum absolute atomic E-state index is 0.0894. The summed E-state index contributed by atoms with van der Waals surface area (Å²) in [6.07, 6.45) is 1.42. The van der Waals surface area contributed by atoms with E-state index in [2.05, 4.69) is 66.6 Å². The Labute approximate surface area is 339 Å². The number of fused-ring (bicyclic) bond motifs is 1. The Morgan fingerprint density at radius 3 is 2.34 bits per heavy atom. The van der Waals surface area contributed by atoms with Crippen molar-refractivity contribution in [2.24, 2.45) is 16.7 Å². The van der Waals surface area contributed by atoms with Gasteiger partial charge in [-0.3, -0.25) is 29.3 Å². The minimum Gasteiger partial charge on any atom is -0.489 e. The van der Waals surface area contributed by atoms with Crippen LogP contribution in [-0.2, 0) is 14.4 Å². The second kappa shape index (κ2) is 15.9. The highest BCUT2D eigenvalue weighted by molar-refractivity contribution is 6.31. The van der Waals surface area contributed by atoms with Crippen molar-refractivity contribution in [1.82, 2.24) is 30.5 Å². The number of halogens is 1. The molecule has 1 aromatic heterocycles. The molecule has 1 saturated carbocycles. The van der Waals surface area contributed by atoms with Gasteiger partial charge in [0.2, 0.25) is 5.91 Å². The zero-order chi connectivity index (χ0) is 41.4. The third-order valence-corrected chi connectivity index (χ3v) is 11.7. The first-order valence-corrected chi connectivity index (χ1v) is 19.5. The lowest BCUT2D eigenvalue weighted by Gasteiger charge is -2.63. The van der Waals surface area contributed by atoms with E-state index in [1.54, 1.807) is 47.4 Å². The number of nitrogens with zero attached hydrogens (tertiary/aromatic N) is 5. The summed E-state index contributed by atoms with van der Waals surface area (Å²) in [5, 5.41) is 23.1. The molecule has 0 radical (unpaired) electrons. The molecule has 1 unspecified atom stereocenters. The van der Waals surface area contributed by atoms with Crippen molar-refractivity contribution in [1.29, 1.82) is 5.26 Å². The van der Waals surface area contributed by atoms with Gasteiger partial charge >= 0.3 is 0 Å². The van der Waals surface area contributed by atoms with Gasteiger partial charge in [0.25, 0.3) is 23.3 Å². The second-order valence-electron chi connectivity index (χ2n) is 16.1. The molecule has 3 aromatic carbocycles. The Kier molecular flexibility index (Phi) is 11.0. The fourth-order valence-electron chi connectivity index (χ4n) is 8.45. The van der Waals surface area contributed by atoms with Gasteiger partial charge in [-0.15, -0.1) is 5.10 Å². The van der Waals surface area contributed by atoms with Crippen LogP contribution in [0.25, 0.3) is 10.9 Å². The van der Waals surface area contributed by atoms with Gasteiger partial charge in [0, 0.05) is 59.5 Å². The number of nitriles is 1. The number of rotatable bonds is 8. The fourth-order valence-corrected chi connectivity index (χ4v) is 8.67. The molecule has 2 aliphatic heterocycles. The Hall–Kier alpha value is -6.25. The molecular formula is C43H42ClN7O7. The smallest absolute Gasteiger partial charge is 0.278 e. The molecule has 3 aliphatic rings. The number of nitrogens with one attached hydrogen (secondary N) is 2. The topological polar surface area (TPSA) is 186 Å². The van der Waals surface area contributed by atoms with Crippen LogP contribution in [0.3, 0.4) is 0 Å². The van der Waals surface area contributed by atoms with E-state index in [0.717, 1.165) is 10.2 Å². The number of imide groups is 1. The number of benzene rings is 3. The van der Waals surface area contributed by atoms with E-state index in [-0.39, 0.29) is 65.5 Å². The van der Waals surface area contributed by atoms with Crippen LogP contribution in [-0.4, -0.2) is 75.4 Å². The Morgan fingerprint density at radius 1 is 0.966 bits per heavy atom. The summed E-state index contributed by atoms with van der Waals surface area (Å²) in [4.78, 5) is 65.2. The number of piperidine rings is 2. The number of hydrogen-bond donors (Lipinski definition) is 2. The number of amides is 4. The van der Waals surface area contributed by atoms with Crippen molar-refractivity contribution < 1.29 is 28.7 Å². The van der Waals surface area contributed by atoms with E-state index in [0.29, 0.717) is 59.1 Å². The van der Waals surface area contributed by atoms with Crippen molar-refractivity contribution >= 4 is 46.1 Å². The van der Waals surface area contributed by atoms with Crippen LogP contribution in [0.5, 0.6) is 11.5 Å². The van der Waals surface area contributed by atoms with Crippen LogP contribution in [0, 0.1) is 39.9 Å². The second-order valence-corrected chi connectivity index (χ2v) is 16.5. The van der Waals surface area contributed by atoms with E-state index < -0.39 is 23.4 Å². The maximum atomic E-state index is 13.4. The first-order chi connectivity index (χ1) is 27.6. The van der Waals surface area contributed by atoms with E-state index in [9.17, 15) is 29.2 Å². The molecule has 0 spiro atoms. The summed E-state index contributed by atoms with van der Waals surface area (Å²) in [6.45, 7) is 9.05. The maximum absolute atomic E-state index is 13.4. The molecule has 0 bridgehead atoms. The third-order valence-electron chi connectivity index (χ3n) is 11.4. The summed E-state index contributed by atoms with van der Waals surface area (Å²) >= 11 is 6.23. The average molecular weight is 804 g/mol. The molecule has 1 atom stereocenters. The Bertz CT molecular complexity index is 2460. The lowest BCUT2D eigenvalue weighted by Crippen LogP contribution is -2.74. The fraction of sp³-hybridized carbons (Fsp3) is 0.395. The molecule has 1 aliphatic carbocycles. The number of hydrogen-bond acceptors (Lipinski definition) is 10. The van der Waals surface area contributed by atoms with Crippen molar-refractivity contribution in [3.8, 4) is 29.4 Å². The highest BCUT2D eigenvalue weighted by Gasteiger charge is 2.64. The number of ether oxygens (including phenoxy) is 2. The SMILES string of the molecule is CC1(C)C(NC(=O)c2ccc(C#CC3CCN(C(=O)COc4ccc5nnn(C6CCC(=O)NC6=O)c(=O)c5c4)CC3)cc2)C(C)(C)C1Oc1ccc(C#N)c(Cl)c1. The molecule has 3 fully saturated rings. The minimum atomic E-state index is -0.945. The molecule has 7 rings (SSSR count). The summed E-state index contributed by atoms with van der Waals surface area (Å²) in [7, 11) is 0. The third kappa shape index (κ3) is 7.98. The molecule has 14 nitrogen and oxygen atoms in total. The summed E-state index contributed by atoms with van der Waals surface area (Å²) in [5.74, 6) is 6.12. The highest BCUT2D eigenvalue weighted by atomic mass is 35.5. The molecule has 3 heterocycles. The van der Waals surface area contributed by atoms with E-state index in [1.165, 1.54) is 6.07 Å². The van der Waals surface area contributed by atoms with Crippen molar-refractivity contribution in [2.45, 2.75) is 71.6 Å². The molecule has 15 heteroatoms. The molecular weight excluding hydrogens is 762 g/mol. The lowest BCUT2D eigenvalue weighted by atomic mass is 9.49. The molecule has 4 aromatic rings. The molecule has 58 heavy (non-hydrogen) atoms. The highest BCUT2D eigenvalue weighted by Crippen LogP contribution is 2.55. The first kappa shape index (κ1) is 40.0. The average Bonchev–Trinajstić information content (AvgIpc) is 3.21. The molecule has 2 saturated heterocycles. The van der Waals surface area contributed by atoms with E-state index >= 15 is 0 Å². The lowest BCUT2D eigenvalue weighted by molar-refractivity contribution is -0.164. The normalized spacial score (nSPS) is 21.1. The zero-order valence-electron chi connectivity index (χ0n) is 32.5. The quantitative estimate of drug-likeness (QED) is 0.189. The number of carbonyl (C=O) groups excluding carboxylic acids is 4. The summed E-state index contributed by atoms with van der Waals surface area (Å²) in [5.41, 5.74) is 0.674. The van der Waals surface area contributed by atoms with Crippen molar-refractivity contribution in [3.63, 3.8) is 0 Å². The monoisotopic (exact) mass is 803 g/mol. The van der Waals surface area contributed by atoms with Crippen LogP contribution < -0.4 is 25.7 Å². The van der Waals surface area contributed by atoms with Crippen molar-refractivity contribution in [2.75, 3.05) is 19.7 Å². The van der Waals surface area contributed by atoms with Crippen molar-refractivity contribution in [3.05, 3.63) is 92.7 Å². The van der Waals surface area contributed by atoms with Gasteiger partial charge in [-0.25, -0.2) is 0 Å². The van der Waals surface area contributed by atoms with Gasteiger partial charge in [-0.1, -0.05) is 56.4 Å². The van der Waals surface area contributed by atoms with Crippen LogP contribution >= 0.6 is 11.6 Å². The van der Waals surface area contributed by atoms with Gasteiger partial charge in [-0.05, 0) is 73.9 Å². The predicted octanol–water partition coefficient (Wildman–Crippen LogP) is 4.58. The van der Waals surface area contributed by atoms with Crippen LogP contribution in [0.1, 0.15) is 80.9 Å². The standard InChI is InChI=1S/C43H42ClN7O7/c1-42(2)40(43(3,4)41(42)58-30-12-11-28(23-45)32(44)22-30)47-37(54)27-9-7-25(8-10-27)5-6-26-17-19-50(20-18-26)36(53)24-57-29-13-14-33-31(21-29)39(56)51(49-48-33)34-15-16-35(52)46-38(34)55/h7-14,21-22,26,34,40-41H,15-20,24H2,1-4H3,(H,47,54)(H,46,52,55). The molecule has 4 amide bonds. The maximum Gasteiger partial charge on any atom is 0.278 e. The first-order valence-electron chi connectivity index (χ1n) is 19.1. The number of carbonyl (C=O) groups is 4. The van der Waals surface area contributed by atoms with Crippen LogP contribution in [0.15, 0.2) is 65.5 Å². The van der Waals surface area contributed by atoms with E-state index in [1.807, 2.05) is 12.1 Å². The molecule has 2 N–H and O–H groups in total. The van der Waals surface area contributed by atoms with Gasteiger partial charge in [0.1, 0.15) is 35.2 Å². The Balaban J connectivity index is 0.884. The van der Waals surface area contributed by atoms with Gasteiger partial charge < -0.3 is 19.7 Å². The van der Waals surface area contributed by atoms with Gasteiger partial charge in [0.05, 0.1) is 16.0 Å². The zero-order valence-corrected chi connectivity index (χ0v) is 33.3. The Morgan fingerprint density at radius 2 is 1.67 bits per heavy atom. The predicted molar refractivity (Wildman–Crippen MR) is 213 cm³/mol. The number of aromatic nitrogens is 3. The summed E-state index contributed by atoms with van der Waals surface area (Å²) in [6, 6.07) is 17.8. The van der Waals surface area contributed by atoms with Crippen LogP contribution in [0.4, 0.5) is 0 Å². The number of likely N-dealkylation sites (tertiary alicyclic amines) is 1. The summed E-state index contributed by atoms with van der Waals surface area (Å²) < 4.78 is 13.1. The molecule has 298 valence electrons. The van der Waals surface area contributed by atoms with Gasteiger partial charge in [0.15, 0.2) is 6.61 Å². The van der Waals surface area contributed by atoms with E-state index in [4.69, 9.17) is 21.1 Å².